The molecular formula is C9H17N. The molecule has 10 heavy (non-hydrogen) atoms. The zero-order chi connectivity index (χ0) is 6.97. The predicted molar refractivity (Wildman–Crippen MR) is 42.7 cm³/mol. The fourth-order valence-electron chi connectivity index (χ4n) is 2.26. The fraction of sp³-hybridized carbons (Fsp3) is 1.00. The molecule has 0 radical (unpaired) electrons. The molecule has 2 aliphatic carbocycles. The topological polar surface area (TPSA) is 26.0 Å². The average Bonchev–Trinajstić information content (AvgIpc) is 2.68. The second kappa shape index (κ2) is 2.54. The molecule has 2 N–H and O–H groups in total. The number of hydrogen-bond donors (Lipinski definition) is 1. The molecule has 1 heteroatoms. The Kier molecular flexibility index (Phi) is 1.69. The quantitative estimate of drug-likeness (QED) is 0.590. The Bertz CT molecular complexity index is 118. The third kappa shape index (κ3) is 1.34. The highest BCUT2D eigenvalue weighted by molar-refractivity contribution is 4.86. The Morgan fingerprint density at radius 2 is 1.70 bits per heavy atom. The minimum Gasteiger partial charge on any atom is -0.328 e. The summed E-state index contributed by atoms with van der Waals surface area (Å²) in [5, 5.41) is 0. The van der Waals surface area contributed by atoms with Crippen LogP contribution in [0.1, 0.15) is 38.5 Å². The van der Waals surface area contributed by atoms with Crippen LogP contribution in [0.4, 0.5) is 0 Å². The van der Waals surface area contributed by atoms with Crippen LogP contribution in [-0.4, -0.2) is 6.04 Å². The van der Waals surface area contributed by atoms with Gasteiger partial charge in [-0.1, -0.05) is 12.8 Å². The van der Waals surface area contributed by atoms with Crippen LogP contribution in [0.5, 0.6) is 0 Å². The van der Waals surface area contributed by atoms with Gasteiger partial charge in [-0.2, -0.15) is 0 Å². The van der Waals surface area contributed by atoms with Gasteiger partial charge in [-0.3, -0.25) is 0 Å². The summed E-state index contributed by atoms with van der Waals surface area (Å²) in [4.78, 5) is 0. The van der Waals surface area contributed by atoms with Crippen LogP contribution in [0.2, 0.25) is 0 Å². The van der Waals surface area contributed by atoms with E-state index in [1.54, 1.807) is 0 Å². The van der Waals surface area contributed by atoms with Crippen molar-refractivity contribution in [1.82, 2.24) is 0 Å². The summed E-state index contributed by atoms with van der Waals surface area (Å²) in [6.07, 6.45) is 8.46. The van der Waals surface area contributed by atoms with Crippen molar-refractivity contribution in [2.45, 2.75) is 44.6 Å². The van der Waals surface area contributed by atoms with E-state index in [0.717, 1.165) is 11.8 Å². The maximum atomic E-state index is 5.89. The molecule has 2 rings (SSSR count). The van der Waals surface area contributed by atoms with Crippen LogP contribution >= 0.6 is 0 Å². The van der Waals surface area contributed by atoms with Crippen molar-refractivity contribution in [2.75, 3.05) is 0 Å². The first-order valence-electron chi connectivity index (χ1n) is 4.62. The van der Waals surface area contributed by atoms with Crippen LogP contribution in [-0.2, 0) is 0 Å². The minimum atomic E-state index is 0.541. The summed E-state index contributed by atoms with van der Waals surface area (Å²) in [5.41, 5.74) is 5.89. The van der Waals surface area contributed by atoms with Gasteiger partial charge in [-0.05, 0) is 37.5 Å². The fourth-order valence-corrected chi connectivity index (χ4v) is 2.26. The minimum absolute atomic E-state index is 0.541. The third-order valence-electron chi connectivity index (χ3n) is 3.04. The second-order valence-electron chi connectivity index (χ2n) is 4.02. The largest absolute Gasteiger partial charge is 0.328 e. The van der Waals surface area contributed by atoms with Gasteiger partial charge >= 0.3 is 0 Å². The molecule has 2 saturated carbocycles. The molecule has 0 aromatic rings. The summed E-state index contributed by atoms with van der Waals surface area (Å²) in [5.74, 6) is 2.11. The molecule has 2 fully saturated rings. The van der Waals surface area contributed by atoms with Gasteiger partial charge in [0.2, 0.25) is 0 Å². The van der Waals surface area contributed by atoms with Gasteiger partial charge in [0.15, 0.2) is 0 Å². The van der Waals surface area contributed by atoms with Crippen LogP contribution < -0.4 is 5.73 Å². The molecule has 1 nitrogen and oxygen atoms in total. The standard InChI is InChI=1S/C9H17N/c10-9-3-1-2-8(6-9)7-4-5-7/h7-9H,1-6,10H2/t8-,9+/m1/s1. The second-order valence-corrected chi connectivity index (χ2v) is 4.02. The first kappa shape index (κ1) is 6.66. The highest BCUT2D eigenvalue weighted by Crippen LogP contribution is 2.43. The molecule has 0 unspecified atom stereocenters. The third-order valence-corrected chi connectivity index (χ3v) is 3.04. The van der Waals surface area contributed by atoms with Gasteiger partial charge < -0.3 is 5.73 Å². The number of nitrogens with two attached hydrogens (primary N) is 1. The van der Waals surface area contributed by atoms with Crippen LogP contribution in [0.15, 0.2) is 0 Å². The highest BCUT2D eigenvalue weighted by Gasteiger charge is 2.33. The molecule has 0 saturated heterocycles. The molecule has 0 heterocycles. The number of rotatable bonds is 1. The van der Waals surface area contributed by atoms with E-state index >= 15 is 0 Å². The van der Waals surface area contributed by atoms with Gasteiger partial charge in [0.1, 0.15) is 0 Å². The van der Waals surface area contributed by atoms with Crippen molar-refractivity contribution in [3.8, 4) is 0 Å². The van der Waals surface area contributed by atoms with Crippen molar-refractivity contribution < 1.29 is 0 Å². The van der Waals surface area contributed by atoms with Crippen molar-refractivity contribution in [3.63, 3.8) is 0 Å². The summed E-state index contributed by atoms with van der Waals surface area (Å²) in [6.45, 7) is 0. The monoisotopic (exact) mass is 139 g/mol. The zero-order valence-electron chi connectivity index (χ0n) is 6.55. The van der Waals surface area contributed by atoms with E-state index in [9.17, 15) is 0 Å². The molecule has 2 atom stereocenters. The normalized spacial score (nSPS) is 41.7. The summed E-state index contributed by atoms with van der Waals surface area (Å²) in [6, 6.07) is 0.541. The van der Waals surface area contributed by atoms with E-state index in [0.29, 0.717) is 6.04 Å². The molecule has 0 bridgehead atoms. The molecule has 0 spiro atoms. The SMILES string of the molecule is N[C@H]1CCC[C@@H](C2CC2)C1. The van der Waals surface area contributed by atoms with E-state index in [1.165, 1.54) is 38.5 Å². The predicted octanol–water partition coefficient (Wildman–Crippen LogP) is 1.91. The Morgan fingerprint density at radius 3 is 2.30 bits per heavy atom. The van der Waals surface area contributed by atoms with E-state index in [4.69, 9.17) is 5.73 Å². The van der Waals surface area contributed by atoms with E-state index in [2.05, 4.69) is 0 Å². The van der Waals surface area contributed by atoms with Gasteiger partial charge in [0.05, 0.1) is 0 Å². The van der Waals surface area contributed by atoms with Crippen molar-refractivity contribution >= 4 is 0 Å². The lowest BCUT2D eigenvalue weighted by atomic mass is 9.83. The smallest absolute Gasteiger partial charge is 0.00415 e. The zero-order valence-corrected chi connectivity index (χ0v) is 6.55. The lowest BCUT2D eigenvalue weighted by Gasteiger charge is -2.26. The van der Waals surface area contributed by atoms with E-state index < -0.39 is 0 Å². The first-order chi connectivity index (χ1) is 4.86. The summed E-state index contributed by atoms with van der Waals surface area (Å²) < 4.78 is 0. The Hall–Kier alpha value is -0.0400. The van der Waals surface area contributed by atoms with Gasteiger partial charge in [-0.25, -0.2) is 0 Å². The molecule has 0 aromatic heterocycles. The maximum absolute atomic E-state index is 5.89. The number of hydrogen-bond acceptors (Lipinski definition) is 1. The van der Waals surface area contributed by atoms with Crippen molar-refractivity contribution in [1.29, 1.82) is 0 Å². The maximum Gasteiger partial charge on any atom is 0.00415 e. The van der Waals surface area contributed by atoms with Crippen LogP contribution in [0, 0.1) is 11.8 Å². The van der Waals surface area contributed by atoms with Crippen molar-refractivity contribution in [2.24, 2.45) is 17.6 Å². The Balaban J connectivity index is 1.84. The lowest BCUT2D eigenvalue weighted by Crippen LogP contribution is -2.28. The molecule has 0 amide bonds. The van der Waals surface area contributed by atoms with Gasteiger partial charge in [0, 0.05) is 6.04 Å². The summed E-state index contributed by atoms with van der Waals surface area (Å²) >= 11 is 0. The molecular weight excluding hydrogens is 122 g/mol. The average molecular weight is 139 g/mol. The molecule has 58 valence electrons. The lowest BCUT2D eigenvalue weighted by molar-refractivity contribution is 0.292. The summed E-state index contributed by atoms with van der Waals surface area (Å²) in [7, 11) is 0. The first-order valence-corrected chi connectivity index (χ1v) is 4.62. The van der Waals surface area contributed by atoms with E-state index in [1.807, 2.05) is 0 Å². The molecule has 2 aliphatic rings. The van der Waals surface area contributed by atoms with E-state index in [-0.39, 0.29) is 0 Å². The van der Waals surface area contributed by atoms with Gasteiger partial charge in [-0.15, -0.1) is 0 Å². The Labute approximate surface area is 63.0 Å². The molecule has 0 aliphatic heterocycles. The molecule has 0 aromatic carbocycles. The van der Waals surface area contributed by atoms with Crippen LogP contribution in [0.25, 0.3) is 0 Å². The van der Waals surface area contributed by atoms with Crippen LogP contribution in [0.3, 0.4) is 0 Å². The highest BCUT2D eigenvalue weighted by atomic mass is 14.6. The Morgan fingerprint density at radius 1 is 0.900 bits per heavy atom. The van der Waals surface area contributed by atoms with Gasteiger partial charge in [0.25, 0.3) is 0 Å². The van der Waals surface area contributed by atoms with Crippen molar-refractivity contribution in [3.05, 3.63) is 0 Å².